The van der Waals surface area contributed by atoms with Crippen molar-refractivity contribution in [3.8, 4) is 0 Å². The van der Waals surface area contributed by atoms with Gasteiger partial charge in [0, 0.05) is 12.7 Å². The summed E-state index contributed by atoms with van der Waals surface area (Å²) in [5.74, 6) is -1.07. The predicted octanol–water partition coefficient (Wildman–Crippen LogP) is 2.89. The van der Waals surface area contributed by atoms with E-state index in [0.29, 0.717) is 25.1 Å². The van der Waals surface area contributed by atoms with Crippen molar-refractivity contribution in [2.24, 2.45) is 0 Å². The Bertz CT molecular complexity index is 526. The molecular formula is C14H19ClN2O4. The lowest BCUT2D eigenvalue weighted by Crippen LogP contribution is -2.33. The van der Waals surface area contributed by atoms with Crippen LogP contribution < -0.4 is 5.32 Å². The molecule has 116 valence electrons. The smallest absolute Gasteiger partial charge is 0.407 e. The fourth-order valence-electron chi connectivity index (χ4n) is 1.61. The first-order chi connectivity index (χ1) is 9.69. The number of carbonyl (C=O) groups excluding carboxylic acids is 1. The zero-order valence-electron chi connectivity index (χ0n) is 12.3. The maximum Gasteiger partial charge on any atom is 0.407 e. The average Bonchev–Trinajstić information content (AvgIpc) is 2.33. The van der Waals surface area contributed by atoms with Crippen LogP contribution in [0.2, 0.25) is 5.02 Å². The van der Waals surface area contributed by atoms with Crippen molar-refractivity contribution in [1.29, 1.82) is 0 Å². The zero-order chi connectivity index (χ0) is 16.0. The fourth-order valence-corrected chi connectivity index (χ4v) is 1.77. The molecule has 0 radical (unpaired) electrons. The van der Waals surface area contributed by atoms with Crippen LogP contribution >= 0.6 is 11.6 Å². The van der Waals surface area contributed by atoms with Gasteiger partial charge in [0.05, 0.1) is 16.3 Å². The van der Waals surface area contributed by atoms with Crippen LogP contribution in [0.25, 0.3) is 0 Å². The SMILES string of the molecule is CC(C)(C)OC(=O)NCCCc1ncc(Cl)cc1C(=O)O. The minimum Gasteiger partial charge on any atom is -0.478 e. The summed E-state index contributed by atoms with van der Waals surface area (Å²) in [6, 6.07) is 1.37. The first-order valence-electron chi connectivity index (χ1n) is 6.53. The van der Waals surface area contributed by atoms with Crippen LogP contribution in [0, 0.1) is 0 Å². The van der Waals surface area contributed by atoms with Crippen LogP contribution in [0.1, 0.15) is 43.2 Å². The van der Waals surface area contributed by atoms with Gasteiger partial charge in [-0.25, -0.2) is 9.59 Å². The van der Waals surface area contributed by atoms with E-state index in [1.54, 1.807) is 20.8 Å². The van der Waals surface area contributed by atoms with Crippen molar-refractivity contribution in [3.63, 3.8) is 0 Å². The quantitative estimate of drug-likeness (QED) is 0.816. The van der Waals surface area contributed by atoms with Gasteiger partial charge < -0.3 is 15.2 Å². The summed E-state index contributed by atoms with van der Waals surface area (Å²) in [7, 11) is 0. The van der Waals surface area contributed by atoms with Gasteiger partial charge in [0.2, 0.25) is 0 Å². The maximum absolute atomic E-state index is 11.4. The van der Waals surface area contributed by atoms with Crippen molar-refractivity contribution < 1.29 is 19.4 Å². The number of pyridine rings is 1. The van der Waals surface area contributed by atoms with Gasteiger partial charge >= 0.3 is 12.1 Å². The molecule has 0 aliphatic heterocycles. The number of aromatic nitrogens is 1. The number of amides is 1. The number of hydrogen-bond donors (Lipinski definition) is 2. The van der Waals surface area contributed by atoms with Gasteiger partial charge in [0.25, 0.3) is 0 Å². The van der Waals surface area contributed by atoms with E-state index in [9.17, 15) is 9.59 Å². The van der Waals surface area contributed by atoms with Crippen molar-refractivity contribution >= 4 is 23.7 Å². The minimum absolute atomic E-state index is 0.0831. The van der Waals surface area contributed by atoms with E-state index in [1.165, 1.54) is 12.3 Å². The molecule has 7 heteroatoms. The number of nitrogens with one attached hydrogen (secondary N) is 1. The van der Waals surface area contributed by atoms with Crippen LogP contribution in [0.5, 0.6) is 0 Å². The van der Waals surface area contributed by atoms with Gasteiger partial charge in [-0.1, -0.05) is 11.6 Å². The highest BCUT2D eigenvalue weighted by Gasteiger charge is 2.16. The number of rotatable bonds is 5. The molecule has 1 aromatic heterocycles. The molecule has 0 aliphatic carbocycles. The van der Waals surface area contributed by atoms with Gasteiger partial charge in [-0.05, 0) is 39.7 Å². The third-order valence-electron chi connectivity index (χ3n) is 2.43. The van der Waals surface area contributed by atoms with E-state index in [-0.39, 0.29) is 10.6 Å². The van der Waals surface area contributed by atoms with Crippen LogP contribution in [0.3, 0.4) is 0 Å². The molecule has 0 spiro atoms. The number of halogens is 1. The van der Waals surface area contributed by atoms with E-state index < -0.39 is 17.7 Å². The molecule has 2 N–H and O–H groups in total. The average molecular weight is 315 g/mol. The number of nitrogens with zero attached hydrogens (tertiary/aromatic N) is 1. The molecule has 0 unspecified atom stereocenters. The normalized spacial score (nSPS) is 11.0. The Kier molecular flexibility index (Phi) is 5.96. The lowest BCUT2D eigenvalue weighted by molar-refractivity contribution is 0.0526. The molecular weight excluding hydrogens is 296 g/mol. The number of carboxylic acid groups (broad SMARTS) is 1. The molecule has 0 aromatic carbocycles. The molecule has 0 fully saturated rings. The van der Waals surface area contributed by atoms with Gasteiger partial charge in [0.1, 0.15) is 5.60 Å². The Morgan fingerprint density at radius 3 is 2.67 bits per heavy atom. The summed E-state index contributed by atoms with van der Waals surface area (Å²) in [5.41, 5.74) is -0.0177. The number of carbonyl (C=O) groups is 2. The molecule has 0 saturated carbocycles. The topological polar surface area (TPSA) is 88.5 Å². The summed E-state index contributed by atoms with van der Waals surface area (Å²) in [4.78, 5) is 26.5. The maximum atomic E-state index is 11.4. The molecule has 1 amide bonds. The number of hydrogen-bond acceptors (Lipinski definition) is 4. The molecule has 0 aliphatic rings. The standard InChI is InChI=1S/C14H19ClN2O4/c1-14(2,3)21-13(20)16-6-4-5-11-10(12(18)19)7-9(15)8-17-11/h7-8H,4-6H2,1-3H3,(H,16,20)(H,18,19). The second-order valence-electron chi connectivity index (χ2n) is 5.49. The van der Waals surface area contributed by atoms with Gasteiger partial charge in [-0.3, -0.25) is 4.98 Å². The number of ether oxygens (including phenoxy) is 1. The second-order valence-corrected chi connectivity index (χ2v) is 5.92. The lowest BCUT2D eigenvalue weighted by atomic mass is 10.1. The molecule has 1 aromatic rings. The fraction of sp³-hybridized carbons (Fsp3) is 0.500. The number of aromatic carboxylic acids is 1. The van der Waals surface area contributed by atoms with Crippen LogP contribution in [-0.2, 0) is 11.2 Å². The third kappa shape index (κ3) is 6.44. The summed E-state index contributed by atoms with van der Waals surface area (Å²) in [6.07, 6.45) is 1.89. The van der Waals surface area contributed by atoms with E-state index in [0.717, 1.165) is 0 Å². The van der Waals surface area contributed by atoms with Crippen molar-refractivity contribution in [3.05, 3.63) is 28.5 Å². The largest absolute Gasteiger partial charge is 0.478 e. The first-order valence-corrected chi connectivity index (χ1v) is 6.91. The Balaban J connectivity index is 2.47. The minimum atomic E-state index is -1.07. The number of carboxylic acids is 1. The summed E-state index contributed by atoms with van der Waals surface area (Å²) in [5, 5.41) is 12.0. The third-order valence-corrected chi connectivity index (χ3v) is 2.63. The first kappa shape index (κ1) is 17.2. The summed E-state index contributed by atoms with van der Waals surface area (Å²) < 4.78 is 5.09. The molecule has 1 heterocycles. The molecule has 0 saturated heterocycles. The van der Waals surface area contributed by atoms with Crippen molar-refractivity contribution in [2.45, 2.75) is 39.2 Å². The predicted molar refractivity (Wildman–Crippen MR) is 78.8 cm³/mol. The van der Waals surface area contributed by atoms with E-state index in [4.69, 9.17) is 21.4 Å². The summed E-state index contributed by atoms with van der Waals surface area (Å²) >= 11 is 5.73. The van der Waals surface area contributed by atoms with E-state index >= 15 is 0 Å². The van der Waals surface area contributed by atoms with Crippen LogP contribution in [-0.4, -0.2) is 34.3 Å². The molecule has 21 heavy (non-hydrogen) atoms. The Hall–Kier alpha value is -1.82. The highest BCUT2D eigenvalue weighted by Crippen LogP contribution is 2.14. The molecule has 6 nitrogen and oxygen atoms in total. The van der Waals surface area contributed by atoms with Gasteiger partial charge in [-0.15, -0.1) is 0 Å². The zero-order valence-corrected chi connectivity index (χ0v) is 13.0. The Morgan fingerprint density at radius 1 is 1.43 bits per heavy atom. The second kappa shape index (κ2) is 7.26. The molecule has 1 rings (SSSR count). The van der Waals surface area contributed by atoms with Gasteiger partial charge in [0.15, 0.2) is 0 Å². The van der Waals surface area contributed by atoms with Gasteiger partial charge in [-0.2, -0.15) is 0 Å². The Morgan fingerprint density at radius 2 is 2.10 bits per heavy atom. The van der Waals surface area contributed by atoms with Crippen LogP contribution in [0.4, 0.5) is 4.79 Å². The van der Waals surface area contributed by atoms with E-state index in [2.05, 4.69) is 10.3 Å². The monoisotopic (exact) mass is 314 g/mol. The van der Waals surface area contributed by atoms with Crippen molar-refractivity contribution in [1.82, 2.24) is 10.3 Å². The molecule has 0 bridgehead atoms. The highest BCUT2D eigenvalue weighted by molar-refractivity contribution is 6.30. The summed E-state index contributed by atoms with van der Waals surface area (Å²) in [6.45, 7) is 5.72. The highest BCUT2D eigenvalue weighted by atomic mass is 35.5. The van der Waals surface area contributed by atoms with Crippen molar-refractivity contribution in [2.75, 3.05) is 6.54 Å². The Labute approximate surface area is 128 Å². The van der Waals surface area contributed by atoms with E-state index in [1.807, 2.05) is 0 Å². The molecule has 0 atom stereocenters. The number of alkyl carbamates (subject to hydrolysis) is 1. The number of aryl methyl sites for hydroxylation is 1. The lowest BCUT2D eigenvalue weighted by Gasteiger charge is -2.19. The van der Waals surface area contributed by atoms with Crippen LogP contribution in [0.15, 0.2) is 12.3 Å².